The van der Waals surface area contributed by atoms with E-state index in [4.69, 9.17) is 32.5 Å². The minimum Gasteiger partial charge on any atom is -0.454 e. The van der Waals surface area contributed by atoms with Crippen LogP contribution in [0.1, 0.15) is 24.6 Å². The van der Waals surface area contributed by atoms with Crippen LogP contribution in [0.25, 0.3) is 22.2 Å². The molecule has 0 saturated carbocycles. The lowest BCUT2D eigenvalue weighted by Crippen LogP contribution is -2.63. The van der Waals surface area contributed by atoms with Gasteiger partial charge in [0.1, 0.15) is 17.1 Å². The standard InChI is InChI=1S/C38H37N3O11/c1-46-37-34-33(32(29(21-42)49-37)52-38(45)39-24-13-3-2-4-14-24)50-35(43)22(19-30-40-25-15-7-9-17-27(25)47-30)11-5-6-12-23(36(44)51-34)20-31-41-26-16-8-10-18-28(26)48-31/h2-10,13-18,22-23,29,32-34,37,42H,11-12,19-21H2,1H3,(H,39,45)/t22-,23-,29-,32-,33+,34-,37+/m1/s1. The van der Waals surface area contributed by atoms with Gasteiger partial charge in [0.15, 0.2) is 47.5 Å². The van der Waals surface area contributed by atoms with Crippen LogP contribution in [0.3, 0.4) is 0 Å². The molecule has 14 nitrogen and oxygen atoms in total. The molecule has 14 heteroatoms. The predicted octanol–water partition coefficient (Wildman–Crippen LogP) is 5.14. The third kappa shape index (κ3) is 7.83. The second-order valence-corrected chi connectivity index (χ2v) is 12.5. The number of allylic oxidation sites excluding steroid dienone is 2. The summed E-state index contributed by atoms with van der Waals surface area (Å²) in [6.07, 6.45) is -3.58. The van der Waals surface area contributed by atoms with Crippen molar-refractivity contribution in [2.45, 2.75) is 56.4 Å². The number of esters is 2. The molecule has 7 atom stereocenters. The van der Waals surface area contributed by atoms with E-state index in [1.54, 1.807) is 54.6 Å². The number of fused-ring (bicyclic) bond motifs is 3. The lowest BCUT2D eigenvalue weighted by molar-refractivity contribution is -0.300. The number of methoxy groups -OCH3 is 1. The molecule has 5 aromatic rings. The van der Waals surface area contributed by atoms with Crippen LogP contribution in [-0.4, -0.2) is 77.5 Å². The van der Waals surface area contributed by atoms with Crippen molar-refractivity contribution in [2.24, 2.45) is 11.8 Å². The zero-order valence-electron chi connectivity index (χ0n) is 28.2. The largest absolute Gasteiger partial charge is 0.454 e. The van der Waals surface area contributed by atoms with E-state index >= 15 is 0 Å². The van der Waals surface area contributed by atoms with E-state index < -0.39 is 67.2 Å². The summed E-state index contributed by atoms with van der Waals surface area (Å²) in [7, 11) is 1.32. The molecule has 0 bridgehead atoms. The Kier molecular flexibility index (Phi) is 10.6. The van der Waals surface area contributed by atoms with Gasteiger partial charge in [0.25, 0.3) is 0 Å². The molecule has 2 N–H and O–H groups in total. The van der Waals surface area contributed by atoms with Gasteiger partial charge in [0.2, 0.25) is 0 Å². The smallest absolute Gasteiger partial charge is 0.412 e. The van der Waals surface area contributed by atoms with Gasteiger partial charge in [-0.25, -0.2) is 14.8 Å². The Morgan fingerprint density at radius 2 is 1.33 bits per heavy atom. The molecule has 0 radical (unpaired) electrons. The summed E-state index contributed by atoms with van der Waals surface area (Å²) in [6.45, 7) is -0.646. The van der Waals surface area contributed by atoms with Crippen LogP contribution in [0.15, 0.2) is 99.8 Å². The number of aromatic nitrogens is 2. The van der Waals surface area contributed by atoms with E-state index in [0.717, 1.165) is 0 Å². The topological polar surface area (TPSA) is 182 Å². The minimum atomic E-state index is -1.46. The van der Waals surface area contributed by atoms with Crippen LogP contribution < -0.4 is 5.32 Å². The number of benzene rings is 3. The zero-order valence-corrected chi connectivity index (χ0v) is 28.2. The van der Waals surface area contributed by atoms with E-state index in [2.05, 4.69) is 15.3 Å². The van der Waals surface area contributed by atoms with Gasteiger partial charge < -0.3 is 37.6 Å². The lowest BCUT2D eigenvalue weighted by Gasteiger charge is -2.44. The molecule has 2 aromatic heterocycles. The number of ether oxygens (including phenoxy) is 5. The monoisotopic (exact) mass is 711 g/mol. The lowest BCUT2D eigenvalue weighted by atomic mass is 9.95. The predicted molar refractivity (Wildman–Crippen MR) is 184 cm³/mol. The highest BCUT2D eigenvalue weighted by Gasteiger charge is 2.53. The Bertz CT molecular complexity index is 1980. The fourth-order valence-corrected chi connectivity index (χ4v) is 6.35. The first-order valence-electron chi connectivity index (χ1n) is 16.9. The molecule has 4 heterocycles. The zero-order chi connectivity index (χ0) is 36.0. The molecule has 1 amide bonds. The summed E-state index contributed by atoms with van der Waals surface area (Å²) < 4.78 is 41.4. The third-order valence-corrected chi connectivity index (χ3v) is 8.96. The number of nitrogens with one attached hydrogen (secondary N) is 1. The number of carbonyl (C=O) groups is 3. The van der Waals surface area contributed by atoms with E-state index in [0.29, 0.717) is 39.7 Å². The number of anilines is 1. The molecule has 52 heavy (non-hydrogen) atoms. The molecule has 0 aliphatic carbocycles. The van der Waals surface area contributed by atoms with Gasteiger partial charge in [-0.2, -0.15) is 0 Å². The average Bonchev–Trinajstić information content (AvgIpc) is 3.76. The van der Waals surface area contributed by atoms with Crippen molar-refractivity contribution in [1.82, 2.24) is 9.97 Å². The molecule has 0 spiro atoms. The summed E-state index contributed by atoms with van der Waals surface area (Å²) >= 11 is 0. The fraction of sp³-hybridized carbons (Fsp3) is 0.342. The molecular formula is C38H37N3O11. The third-order valence-electron chi connectivity index (χ3n) is 8.96. The SMILES string of the molecule is CO[C@H]1O[C@H](CO)[C@@H](OC(=O)Nc2ccccc2)[C@@H]2OC(=O)[C@@H](Cc3nc4ccccc4o3)CC=CC[C@H](Cc3nc4ccccc4o3)C(=O)O[C@@H]12. The van der Waals surface area contributed by atoms with E-state index in [9.17, 15) is 19.5 Å². The van der Waals surface area contributed by atoms with Crippen molar-refractivity contribution in [2.75, 3.05) is 19.0 Å². The van der Waals surface area contributed by atoms with Crippen LogP contribution in [0.4, 0.5) is 10.5 Å². The van der Waals surface area contributed by atoms with Gasteiger partial charge in [0.05, 0.1) is 18.4 Å². The van der Waals surface area contributed by atoms with Crippen LogP contribution in [0, 0.1) is 11.8 Å². The number of nitrogens with zero attached hydrogens (tertiary/aromatic N) is 2. The maximum Gasteiger partial charge on any atom is 0.412 e. The molecule has 3 aromatic carbocycles. The maximum absolute atomic E-state index is 14.1. The van der Waals surface area contributed by atoms with Gasteiger partial charge in [-0.1, -0.05) is 54.6 Å². The number of para-hydroxylation sites is 5. The number of carbonyl (C=O) groups excluding carboxylic acids is 3. The molecule has 1 saturated heterocycles. The number of hydrogen-bond acceptors (Lipinski definition) is 13. The van der Waals surface area contributed by atoms with E-state index in [1.165, 1.54) is 7.11 Å². The van der Waals surface area contributed by atoms with Crippen molar-refractivity contribution >= 4 is 45.9 Å². The number of oxazole rings is 2. The molecule has 2 aliphatic heterocycles. The molecule has 270 valence electrons. The van der Waals surface area contributed by atoms with Crippen LogP contribution in [0.2, 0.25) is 0 Å². The first kappa shape index (κ1) is 34.9. The Balaban J connectivity index is 1.22. The van der Waals surface area contributed by atoms with Crippen molar-refractivity contribution in [3.8, 4) is 0 Å². The summed E-state index contributed by atoms with van der Waals surface area (Å²) in [4.78, 5) is 50.4. The van der Waals surface area contributed by atoms with Crippen molar-refractivity contribution < 1.29 is 52.0 Å². The fourth-order valence-electron chi connectivity index (χ4n) is 6.35. The Labute approximate surface area is 297 Å². The first-order chi connectivity index (χ1) is 25.4. The second-order valence-electron chi connectivity index (χ2n) is 12.5. The number of amides is 1. The summed E-state index contributed by atoms with van der Waals surface area (Å²) in [5.74, 6) is -2.32. The van der Waals surface area contributed by atoms with Crippen LogP contribution in [-0.2, 0) is 46.1 Å². The van der Waals surface area contributed by atoms with Crippen molar-refractivity contribution in [1.29, 1.82) is 0 Å². The highest BCUT2D eigenvalue weighted by atomic mass is 16.7. The average molecular weight is 712 g/mol. The summed E-state index contributed by atoms with van der Waals surface area (Å²) in [5, 5.41) is 13.0. The van der Waals surface area contributed by atoms with Crippen molar-refractivity contribution in [3.05, 3.63) is 103 Å². The highest BCUT2D eigenvalue weighted by Crippen LogP contribution is 2.33. The normalized spacial score (nSPS) is 25.4. The summed E-state index contributed by atoms with van der Waals surface area (Å²) in [5.41, 5.74) is 2.87. The van der Waals surface area contributed by atoms with Crippen LogP contribution >= 0.6 is 0 Å². The quantitative estimate of drug-likeness (QED) is 0.123. The molecule has 2 aliphatic rings. The Morgan fingerprint density at radius 1 is 0.788 bits per heavy atom. The Morgan fingerprint density at radius 3 is 1.87 bits per heavy atom. The molecule has 0 unspecified atom stereocenters. The highest BCUT2D eigenvalue weighted by molar-refractivity contribution is 5.84. The molecular weight excluding hydrogens is 674 g/mol. The molecule has 7 rings (SSSR count). The van der Waals surface area contributed by atoms with Gasteiger partial charge in [0, 0.05) is 25.6 Å². The van der Waals surface area contributed by atoms with Gasteiger partial charge in [-0.05, 0) is 49.2 Å². The van der Waals surface area contributed by atoms with Gasteiger partial charge in [-0.3, -0.25) is 14.9 Å². The summed E-state index contributed by atoms with van der Waals surface area (Å²) in [6, 6.07) is 23.1. The van der Waals surface area contributed by atoms with Crippen molar-refractivity contribution in [3.63, 3.8) is 0 Å². The van der Waals surface area contributed by atoms with E-state index in [1.807, 2.05) is 36.4 Å². The van der Waals surface area contributed by atoms with Gasteiger partial charge >= 0.3 is 18.0 Å². The minimum absolute atomic E-state index is 0.0784. The Hall–Kier alpha value is -5.57. The van der Waals surface area contributed by atoms with Crippen LogP contribution in [0.5, 0.6) is 0 Å². The maximum atomic E-state index is 14.1. The number of hydrogen-bond donors (Lipinski definition) is 2. The van der Waals surface area contributed by atoms with E-state index in [-0.39, 0.29) is 25.7 Å². The first-order valence-corrected chi connectivity index (χ1v) is 16.9. The van der Waals surface area contributed by atoms with Gasteiger partial charge in [-0.15, -0.1) is 0 Å². The molecule has 1 fully saturated rings. The number of rotatable bonds is 8. The number of aliphatic hydroxyl groups excluding tert-OH is 1. The number of aliphatic hydroxyl groups is 1. The second kappa shape index (κ2) is 15.8.